The molecule has 0 aromatic carbocycles. The maximum atomic E-state index is 11.3. The molecule has 1 saturated heterocycles. The predicted octanol–water partition coefficient (Wildman–Crippen LogP) is 2.59. The molecule has 138 valence electrons. The summed E-state index contributed by atoms with van der Waals surface area (Å²) in [6.45, 7) is 15.2. The van der Waals surface area contributed by atoms with Crippen molar-refractivity contribution < 1.29 is 19.4 Å². The molecule has 0 aliphatic carbocycles. The van der Waals surface area contributed by atoms with Crippen LogP contribution < -0.4 is 9.64 Å². The van der Waals surface area contributed by atoms with E-state index in [4.69, 9.17) is 9.47 Å². The van der Waals surface area contributed by atoms with E-state index in [0.29, 0.717) is 12.5 Å². The lowest BCUT2D eigenvalue weighted by Gasteiger charge is -2.38. The zero-order valence-electron chi connectivity index (χ0n) is 15.4. The monoisotopic (exact) mass is 349 g/mol. The van der Waals surface area contributed by atoms with E-state index in [1.54, 1.807) is 19.1 Å². The van der Waals surface area contributed by atoms with Crippen molar-refractivity contribution in [3.63, 3.8) is 0 Å². The molecule has 1 N–H and O–H groups in total. The van der Waals surface area contributed by atoms with Crippen molar-refractivity contribution in [2.24, 2.45) is 0 Å². The molecule has 0 amide bonds. The van der Waals surface area contributed by atoms with E-state index in [1.165, 1.54) is 0 Å². The molecule has 7 nitrogen and oxygen atoms in total. The Hall–Kier alpha value is -2.44. The second kappa shape index (κ2) is 7.63. The quantitative estimate of drug-likeness (QED) is 0.791. The van der Waals surface area contributed by atoms with Crippen LogP contribution in [-0.4, -0.2) is 59.3 Å². The first-order chi connectivity index (χ1) is 11.7. The number of hydrogen-bond donors (Lipinski definition) is 1. The molecule has 0 spiro atoms. The lowest BCUT2D eigenvalue weighted by Crippen LogP contribution is -2.47. The highest BCUT2D eigenvalue weighted by atomic mass is 16.5. The Bertz CT molecular complexity index is 632. The first-order valence-electron chi connectivity index (χ1n) is 8.46. The number of pyridine rings is 1. The van der Waals surface area contributed by atoms with Crippen molar-refractivity contribution in [1.82, 2.24) is 9.88 Å². The summed E-state index contributed by atoms with van der Waals surface area (Å²) in [5, 5.41) is 9.22. The number of carbonyl (C=O) groups is 1. The fourth-order valence-corrected chi connectivity index (χ4v) is 2.62. The number of aromatic nitrogens is 1. The van der Waals surface area contributed by atoms with Crippen LogP contribution in [0.2, 0.25) is 0 Å². The number of carboxylic acid groups (broad SMARTS) is 1. The molecule has 1 fully saturated rings. The maximum Gasteiger partial charge on any atom is 0.341 e. The molecule has 0 unspecified atom stereocenters. The molecule has 0 bridgehead atoms. The maximum absolute atomic E-state index is 11.3. The Morgan fingerprint density at radius 3 is 2.44 bits per heavy atom. The Kier molecular flexibility index (Phi) is 5.77. The highest BCUT2D eigenvalue weighted by Crippen LogP contribution is 2.24. The fraction of sp³-hybridized carbons (Fsp3) is 0.556. The number of piperazine rings is 1. The summed E-state index contributed by atoms with van der Waals surface area (Å²) in [5.74, 6) is 0.519. The molecule has 0 atom stereocenters. The van der Waals surface area contributed by atoms with Gasteiger partial charge in [-0.25, -0.2) is 4.79 Å². The van der Waals surface area contributed by atoms with Gasteiger partial charge in [0.05, 0.1) is 6.61 Å². The predicted molar refractivity (Wildman–Crippen MR) is 96.1 cm³/mol. The van der Waals surface area contributed by atoms with Crippen LogP contribution in [0, 0.1) is 0 Å². The number of aromatic carboxylic acids is 1. The zero-order valence-corrected chi connectivity index (χ0v) is 15.4. The van der Waals surface area contributed by atoms with Gasteiger partial charge < -0.3 is 24.4 Å². The molecule has 0 saturated carbocycles. The molecule has 1 aromatic heterocycles. The van der Waals surface area contributed by atoms with Gasteiger partial charge in [0.1, 0.15) is 17.0 Å². The molecule has 1 aliphatic rings. The van der Waals surface area contributed by atoms with Crippen molar-refractivity contribution in [3.05, 3.63) is 30.2 Å². The summed E-state index contributed by atoms with van der Waals surface area (Å²) in [7, 11) is 0. The van der Waals surface area contributed by atoms with Gasteiger partial charge in [0.25, 0.3) is 0 Å². The number of hydrogen-bond acceptors (Lipinski definition) is 6. The van der Waals surface area contributed by atoms with Gasteiger partial charge in [-0.15, -0.1) is 0 Å². The van der Waals surface area contributed by atoms with Crippen molar-refractivity contribution >= 4 is 11.8 Å². The minimum Gasteiger partial charge on any atom is -0.477 e. The first-order valence-corrected chi connectivity index (χ1v) is 8.46. The fourth-order valence-electron chi connectivity index (χ4n) is 2.62. The summed E-state index contributed by atoms with van der Waals surface area (Å²) in [6.07, 6.45) is 0. The number of anilines is 1. The van der Waals surface area contributed by atoms with E-state index < -0.39 is 5.97 Å². The van der Waals surface area contributed by atoms with Gasteiger partial charge in [-0.2, -0.15) is 4.98 Å². The van der Waals surface area contributed by atoms with Gasteiger partial charge in [-0.3, -0.25) is 0 Å². The number of nitrogens with zero attached hydrogens (tertiary/aromatic N) is 3. The second-order valence-corrected chi connectivity index (χ2v) is 6.84. The van der Waals surface area contributed by atoms with Crippen LogP contribution in [0.15, 0.2) is 24.6 Å². The van der Waals surface area contributed by atoms with Crippen LogP contribution in [0.3, 0.4) is 0 Å². The minimum atomic E-state index is -1.04. The highest BCUT2D eigenvalue weighted by molar-refractivity contribution is 5.90. The average molecular weight is 349 g/mol. The second-order valence-electron chi connectivity index (χ2n) is 6.84. The first kappa shape index (κ1) is 18.9. The summed E-state index contributed by atoms with van der Waals surface area (Å²) >= 11 is 0. The van der Waals surface area contributed by atoms with Gasteiger partial charge in [-0.05, 0) is 46.4 Å². The molecule has 1 aliphatic heterocycles. The topological polar surface area (TPSA) is 75.1 Å². The van der Waals surface area contributed by atoms with Gasteiger partial charge in [-0.1, -0.05) is 0 Å². The van der Waals surface area contributed by atoms with Crippen LogP contribution in [-0.2, 0) is 4.74 Å². The molecule has 0 radical (unpaired) electrons. The van der Waals surface area contributed by atoms with E-state index in [2.05, 4.69) is 21.4 Å². The number of ether oxygens (including phenoxy) is 2. The summed E-state index contributed by atoms with van der Waals surface area (Å²) < 4.78 is 11.2. The number of carboxylic acids is 1. The Morgan fingerprint density at radius 1 is 1.28 bits per heavy atom. The van der Waals surface area contributed by atoms with Crippen LogP contribution in [0.25, 0.3) is 0 Å². The largest absolute Gasteiger partial charge is 0.477 e. The van der Waals surface area contributed by atoms with Crippen molar-refractivity contribution in [2.75, 3.05) is 37.7 Å². The lowest BCUT2D eigenvalue weighted by molar-refractivity contribution is 0.00162. The van der Waals surface area contributed by atoms with Gasteiger partial charge in [0.2, 0.25) is 5.88 Å². The Morgan fingerprint density at radius 2 is 1.92 bits per heavy atom. The molecule has 1 aromatic rings. The lowest BCUT2D eigenvalue weighted by atomic mass is 10.2. The molecule has 2 rings (SSSR count). The Labute approximate surface area is 148 Å². The molecule has 25 heavy (non-hydrogen) atoms. The average Bonchev–Trinajstić information content (AvgIpc) is 2.53. The standard InChI is InChI=1S/C18H27N3O4/c1-6-24-16-14(17(22)23)7-8-15(19-16)21-11-9-20(10-12-21)13(2)25-18(3,4)5/h7-8H,2,6,9-12H2,1,3-5H3,(H,22,23). The smallest absolute Gasteiger partial charge is 0.341 e. The molecule has 7 heteroatoms. The SMILES string of the molecule is C=C(OC(C)(C)C)N1CCN(c2ccc(C(=O)O)c(OCC)n2)CC1. The van der Waals surface area contributed by atoms with Gasteiger partial charge in [0.15, 0.2) is 5.88 Å². The summed E-state index contributed by atoms with van der Waals surface area (Å²) in [6, 6.07) is 3.27. The van der Waals surface area contributed by atoms with Gasteiger partial charge >= 0.3 is 5.97 Å². The Balaban J connectivity index is 2.04. The van der Waals surface area contributed by atoms with Crippen molar-refractivity contribution in [1.29, 1.82) is 0 Å². The normalized spacial score (nSPS) is 15.0. The molecular weight excluding hydrogens is 322 g/mol. The van der Waals surface area contributed by atoms with E-state index in [9.17, 15) is 9.90 Å². The summed E-state index contributed by atoms with van der Waals surface area (Å²) in [5.41, 5.74) is -0.189. The molecule has 2 heterocycles. The van der Waals surface area contributed by atoms with Crippen LogP contribution >= 0.6 is 0 Å². The van der Waals surface area contributed by atoms with Crippen LogP contribution in [0.5, 0.6) is 5.88 Å². The van der Waals surface area contributed by atoms with E-state index in [1.807, 2.05) is 20.8 Å². The highest BCUT2D eigenvalue weighted by Gasteiger charge is 2.23. The zero-order chi connectivity index (χ0) is 18.6. The van der Waals surface area contributed by atoms with Crippen molar-refractivity contribution in [2.45, 2.75) is 33.3 Å². The number of rotatable bonds is 6. The van der Waals surface area contributed by atoms with Gasteiger partial charge in [0, 0.05) is 26.2 Å². The third-order valence-corrected chi connectivity index (χ3v) is 3.74. The van der Waals surface area contributed by atoms with E-state index in [0.717, 1.165) is 32.0 Å². The van der Waals surface area contributed by atoms with Crippen LogP contribution in [0.1, 0.15) is 38.1 Å². The minimum absolute atomic E-state index is 0.0798. The van der Waals surface area contributed by atoms with Crippen molar-refractivity contribution in [3.8, 4) is 5.88 Å². The van der Waals surface area contributed by atoms with E-state index in [-0.39, 0.29) is 17.0 Å². The third-order valence-electron chi connectivity index (χ3n) is 3.74. The third kappa shape index (κ3) is 5.01. The van der Waals surface area contributed by atoms with E-state index >= 15 is 0 Å². The summed E-state index contributed by atoms with van der Waals surface area (Å²) in [4.78, 5) is 19.9. The molecular formula is C18H27N3O4. The van der Waals surface area contributed by atoms with Crippen LogP contribution in [0.4, 0.5) is 5.82 Å².